The fourth-order valence-corrected chi connectivity index (χ4v) is 1.71. The Balaban J connectivity index is 2.83. The zero-order chi connectivity index (χ0) is 13.7. The molecule has 5 nitrogen and oxygen atoms in total. The highest BCUT2D eigenvalue weighted by molar-refractivity contribution is 5.97. The number of nitrogens with zero attached hydrogens (tertiary/aromatic N) is 1. The molecule has 0 fully saturated rings. The molecule has 1 heterocycles. The van der Waals surface area contributed by atoms with Crippen molar-refractivity contribution < 1.29 is 14.7 Å². The Labute approximate surface area is 106 Å². The van der Waals surface area contributed by atoms with Crippen LogP contribution in [0.1, 0.15) is 41.5 Å². The Morgan fingerprint density at radius 2 is 2.06 bits per heavy atom. The molecule has 5 heteroatoms. The number of aromatic nitrogens is 1. The maximum absolute atomic E-state index is 12.0. The number of carboxylic acids is 1. The number of carboxylic acid groups (broad SMARTS) is 1. The SMILES string of the molecule is CCCC(NC(=O)c1ccc(C)nc1C)C(=O)O. The van der Waals surface area contributed by atoms with Gasteiger partial charge in [0.25, 0.3) is 5.91 Å². The van der Waals surface area contributed by atoms with Gasteiger partial charge in [0, 0.05) is 5.69 Å². The summed E-state index contributed by atoms with van der Waals surface area (Å²) >= 11 is 0. The first-order valence-corrected chi connectivity index (χ1v) is 5.93. The molecule has 98 valence electrons. The van der Waals surface area contributed by atoms with E-state index in [-0.39, 0.29) is 5.91 Å². The molecule has 0 saturated heterocycles. The van der Waals surface area contributed by atoms with E-state index in [1.54, 1.807) is 19.1 Å². The number of hydrogen-bond acceptors (Lipinski definition) is 3. The third-order valence-electron chi connectivity index (χ3n) is 2.65. The minimum Gasteiger partial charge on any atom is -0.480 e. The molecule has 1 aromatic rings. The van der Waals surface area contributed by atoms with Gasteiger partial charge in [-0.2, -0.15) is 0 Å². The van der Waals surface area contributed by atoms with Gasteiger partial charge in [0.1, 0.15) is 6.04 Å². The zero-order valence-electron chi connectivity index (χ0n) is 10.9. The van der Waals surface area contributed by atoms with Crippen molar-refractivity contribution >= 4 is 11.9 Å². The van der Waals surface area contributed by atoms with Gasteiger partial charge in [-0.05, 0) is 32.4 Å². The lowest BCUT2D eigenvalue weighted by Crippen LogP contribution is -2.40. The average molecular weight is 250 g/mol. The summed E-state index contributed by atoms with van der Waals surface area (Å²) < 4.78 is 0. The number of aryl methyl sites for hydroxylation is 2. The summed E-state index contributed by atoms with van der Waals surface area (Å²) in [5, 5.41) is 11.5. The Kier molecular flexibility index (Phi) is 4.83. The highest BCUT2D eigenvalue weighted by Crippen LogP contribution is 2.07. The number of pyridine rings is 1. The first kappa shape index (κ1) is 14.2. The molecule has 1 atom stereocenters. The molecule has 2 N–H and O–H groups in total. The Morgan fingerprint density at radius 1 is 1.39 bits per heavy atom. The first-order valence-electron chi connectivity index (χ1n) is 5.93. The molecule has 18 heavy (non-hydrogen) atoms. The minimum atomic E-state index is -1.01. The summed E-state index contributed by atoms with van der Waals surface area (Å²) in [6, 6.07) is 2.55. The van der Waals surface area contributed by atoms with Crippen molar-refractivity contribution in [3.63, 3.8) is 0 Å². The van der Waals surface area contributed by atoms with Gasteiger partial charge in [-0.15, -0.1) is 0 Å². The van der Waals surface area contributed by atoms with Crippen LogP contribution >= 0.6 is 0 Å². The van der Waals surface area contributed by atoms with Gasteiger partial charge in [-0.25, -0.2) is 4.79 Å². The molecule has 1 amide bonds. The topological polar surface area (TPSA) is 79.3 Å². The number of carbonyl (C=O) groups excluding carboxylic acids is 1. The van der Waals surface area contributed by atoms with Gasteiger partial charge in [-0.3, -0.25) is 9.78 Å². The predicted octanol–water partition coefficient (Wildman–Crippen LogP) is 1.68. The van der Waals surface area contributed by atoms with Crippen LogP contribution in [0.2, 0.25) is 0 Å². The van der Waals surface area contributed by atoms with Crippen molar-refractivity contribution in [3.05, 3.63) is 29.1 Å². The van der Waals surface area contributed by atoms with Crippen molar-refractivity contribution in [2.24, 2.45) is 0 Å². The van der Waals surface area contributed by atoms with Crippen molar-refractivity contribution in [1.82, 2.24) is 10.3 Å². The Hall–Kier alpha value is -1.91. The van der Waals surface area contributed by atoms with Crippen LogP contribution in [-0.4, -0.2) is 28.0 Å². The summed E-state index contributed by atoms with van der Waals surface area (Å²) in [5.74, 6) is -1.40. The molecule has 0 saturated carbocycles. The van der Waals surface area contributed by atoms with Crippen molar-refractivity contribution in [2.45, 2.75) is 39.7 Å². The van der Waals surface area contributed by atoms with E-state index in [0.717, 1.165) is 5.69 Å². The largest absolute Gasteiger partial charge is 0.480 e. The van der Waals surface area contributed by atoms with Crippen LogP contribution in [-0.2, 0) is 4.79 Å². The standard InChI is InChI=1S/C13H18N2O3/c1-4-5-11(13(17)18)15-12(16)10-7-6-8(2)14-9(10)3/h6-7,11H,4-5H2,1-3H3,(H,15,16)(H,17,18). The Morgan fingerprint density at radius 3 is 2.56 bits per heavy atom. The molecule has 1 aromatic heterocycles. The van der Waals surface area contributed by atoms with E-state index in [9.17, 15) is 9.59 Å². The summed E-state index contributed by atoms with van der Waals surface area (Å²) in [7, 11) is 0. The molecule has 0 aromatic carbocycles. The lowest BCUT2D eigenvalue weighted by Gasteiger charge is -2.14. The number of amides is 1. The Bertz CT molecular complexity index is 458. The molecule has 0 spiro atoms. The van der Waals surface area contributed by atoms with E-state index in [4.69, 9.17) is 5.11 Å². The van der Waals surface area contributed by atoms with Crippen LogP contribution in [0, 0.1) is 13.8 Å². The predicted molar refractivity (Wildman–Crippen MR) is 67.5 cm³/mol. The molecule has 1 rings (SSSR count). The van der Waals surface area contributed by atoms with Gasteiger partial charge in [0.2, 0.25) is 0 Å². The van der Waals surface area contributed by atoms with Gasteiger partial charge < -0.3 is 10.4 Å². The van der Waals surface area contributed by atoms with Crippen LogP contribution in [0.3, 0.4) is 0 Å². The molecular formula is C13H18N2O3. The minimum absolute atomic E-state index is 0.388. The molecule has 0 aliphatic rings. The lowest BCUT2D eigenvalue weighted by atomic mass is 10.1. The van der Waals surface area contributed by atoms with Crippen LogP contribution < -0.4 is 5.32 Å². The highest BCUT2D eigenvalue weighted by Gasteiger charge is 2.20. The van der Waals surface area contributed by atoms with Crippen LogP contribution in [0.5, 0.6) is 0 Å². The van der Waals surface area contributed by atoms with Gasteiger partial charge in [0.15, 0.2) is 0 Å². The second-order valence-electron chi connectivity index (χ2n) is 4.24. The summed E-state index contributed by atoms with van der Waals surface area (Å²) in [6.45, 7) is 5.45. The highest BCUT2D eigenvalue weighted by atomic mass is 16.4. The molecule has 0 bridgehead atoms. The van der Waals surface area contributed by atoms with Gasteiger partial charge >= 0.3 is 5.97 Å². The second kappa shape index (κ2) is 6.14. The zero-order valence-corrected chi connectivity index (χ0v) is 10.9. The van der Waals surface area contributed by atoms with Crippen LogP contribution in [0.4, 0.5) is 0 Å². The summed E-state index contributed by atoms with van der Waals surface area (Å²) in [6.07, 6.45) is 1.11. The maximum Gasteiger partial charge on any atom is 0.326 e. The number of aliphatic carboxylic acids is 1. The molecule has 0 radical (unpaired) electrons. The van der Waals surface area contributed by atoms with Gasteiger partial charge in [-0.1, -0.05) is 13.3 Å². The number of carbonyl (C=O) groups is 2. The van der Waals surface area contributed by atoms with Crippen molar-refractivity contribution in [1.29, 1.82) is 0 Å². The monoisotopic (exact) mass is 250 g/mol. The fraction of sp³-hybridized carbons (Fsp3) is 0.462. The fourth-order valence-electron chi connectivity index (χ4n) is 1.71. The smallest absolute Gasteiger partial charge is 0.326 e. The van der Waals surface area contributed by atoms with E-state index in [2.05, 4.69) is 10.3 Å². The van der Waals surface area contributed by atoms with E-state index in [1.807, 2.05) is 13.8 Å². The number of nitrogens with one attached hydrogen (secondary N) is 1. The molecule has 0 aliphatic heterocycles. The summed E-state index contributed by atoms with van der Waals surface area (Å²) in [5.41, 5.74) is 1.85. The lowest BCUT2D eigenvalue weighted by molar-refractivity contribution is -0.139. The summed E-state index contributed by atoms with van der Waals surface area (Å²) in [4.78, 5) is 27.1. The van der Waals surface area contributed by atoms with Gasteiger partial charge in [0.05, 0.1) is 11.3 Å². The second-order valence-corrected chi connectivity index (χ2v) is 4.24. The van der Waals surface area contributed by atoms with Crippen LogP contribution in [0.15, 0.2) is 12.1 Å². The maximum atomic E-state index is 12.0. The van der Waals surface area contributed by atoms with Crippen molar-refractivity contribution in [3.8, 4) is 0 Å². The molecule has 0 aliphatic carbocycles. The average Bonchev–Trinajstić information content (AvgIpc) is 2.27. The first-order chi connectivity index (χ1) is 8.45. The number of rotatable bonds is 5. The number of hydrogen-bond donors (Lipinski definition) is 2. The van der Waals surface area contributed by atoms with E-state index in [0.29, 0.717) is 24.1 Å². The third kappa shape index (κ3) is 3.55. The molecular weight excluding hydrogens is 232 g/mol. The van der Waals surface area contributed by atoms with Crippen LogP contribution in [0.25, 0.3) is 0 Å². The van der Waals surface area contributed by atoms with E-state index < -0.39 is 12.0 Å². The van der Waals surface area contributed by atoms with E-state index in [1.165, 1.54) is 0 Å². The molecule has 1 unspecified atom stereocenters. The third-order valence-corrected chi connectivity index (χ3v) is 2.65. The quantitative estimate of drug-likeness (QED) is 0.833. The van der Waals surface area contributed by atoms with E-state index >= 15 is 0 Å². The normalized spacial score (nSPS) is 11.9. The van der Waals surface area contributed by atoms with Crippen molar-refractivity contribution in [2.75, 3.05) is 0 Å².